The summed E-state index contributed by atoms with van der Waals surface area (Å²) in [5.74, 6) is 1.45. The first-order valence-electron chi connectivity index (χ1n) is 7.80. The Hall–Kier alpha value is -2.96. The highest BCUT2D eigenvalue weighted by molar-refractivity contribution is 5.78. The number of carbonyl (C=O) groups excluding carboxylic acids is 1. The quantitative estimate of drug-likeness (QED) is 0.734. The van der Waals surface area contributed by atoms with E-state index < -0.39 is 0 Å². The van der Waals surface area contributed by atoms with Crippen molar-refractivity contribution in [2.24, 2.45) is 0 Å². The van der Waals surface area contributed by atoms with Gasteiger partial charge in [-0.15, -0.1) is 0 Å². The van der Waals surface area contributed by atoms with E-state index in [2.05, 4.69) is 19.9 Å². The molecule has 7 heteroatoms. The van der Waals surface area contributed by atoms with Crippen molar-refractivity contribution in [1.82, 2.24) is 20.2 Å². The molecule has 0 unspecified atom stereocenters. The van der Waals surface area contributed by atoms with Crippen LogP contribution in [0.2, 0.25) is 0 Å². The third-order valence-electron chi connectivity index (χ3n) is 4.17. The van der Waals surface area contributed by atoms with Gasteiger partial charge in [-0.05, 0) is 19.1 Å². The van der Waals surface area contributed by atoms with Crippen molar-refractivity contribution in [3.8, 4) is 11.5 Å². The molecule has 0 bridgehead atoms. The summed E-state index contributed by atoms with van der Waals surface area (Å²) in [6, 6.07) is 9.76. The van der Waals surface area contributed by atoms with Gasteiger partial charge in [0.1, 0.15) is 22.8 Å². The first-order chi connectivity index (χ1) is 11.7. The van der Waals surface area contributed by atoms with Crippen LogP contribution in [0.25, 0.3) is 11.5 Å². The number of aromatic nitrogens is 3. The highest BCUT2D eigenvalue weighted by atomic mass is 16.6. The zero-order valence-corrected chi connectivity index (χ0v) is 13.2. The summed E-state index contributed by atoms with van der Waals surface area (Å²) in [6.45, 7) is 2.84. The van der Waals surface area contributed by atoms with Gasteiger partial charge in [-0.1, -0.05) is 28.5 Å². The summed E-state index contributed by atoms with van der Waals surface area (Å²) in [5.41, 5.74) is 2.99. The molecule has 122 valence electrons. The summed E-state index contributed by atoms with van der Waals surface area (Å²) >= 11 is 0. The Morgan fingerprint density at radius 3 is 2.83 bits per heavy atom. The lowest BCUT2D eigenvalue weighted by atomic mass is 10.1. The van der Waals surface area contributed by atoms with E-state index in [9.17, 15) is 4.79 Å². The van der Waals surface area contributed by atoms with Gasteiger partial charge in [0.25, 0.3) is 0 Å². The fourth-order valence-corrected chi connectivity index (χ4v) is 2.78. The van der Waals surface area contributed by atoms with E-state index in [1.165, 1.54) is 0 Å². The van der Waals surface area contributed by atoms with E-state index in [0.29, 0.717) is 36.8 Å². The average Bonchev–Trinajstić information content (AvgIpc) is 3.21. The second-order valence-electron chi connectivity index (χ2n) is 5.79. The number of amides is 1. The molecule has 3 heterocycles. The fraction of sp³-hybridized carbons (Fsp3) is 0.294. The molecule has 1 aromatic carbocycles. The van der Waals surface area contributed by atoms with Crippen LogP contribution in [0.1, 0.15) is 22.8 Å². The van der Waals surface area contributed by atoms with Gasteiger partial charge in [-0.2, -0.15) is 0 Å². The van der Waals surface area contributed by atoms with Crippen LogP contribution < -0.4 is 0 Å². The van der Waals surface area contributed by atoms with Crippen LogP contribution in [0.15, 0.2) is 39.4 Å². The van der Waals surface area contributed by atoms with Gasteiger partial charge in [0, 0.05) is 18.5 Å². The van der Waals surface area contributed by atoms with E-state index in [0.717, 1.165) is 17.0 Å². The standard InChI is InChI=1S/C17H16N4O3/c1-11-13(20-24-19-11)9-16(22)21-8-7-15-14(10-21)18-17(23-15)12-5-3-2-4-6-12/h2-6H,7-10H2,1H3. The van der Waals surface area contributed by atoms with E-state index in [1.807, 2.05) is 30.3 Å². The van der Waals surface area contributed by atoms with Crippen LogP contribution in [0, 0.1) is 6.92 Å². The molecule has 0 radical (unpaired) electrons. The van der Waals surface area contributed by atoms with E-state index >= 15 is 0 Å². The Kier molecular flexibility index (Phi) is 3.60. The Balaban J connectivity index is 1.50. The summed E-state index contributed by atoms with van der Waals surface area (Å²) in [7, 11) is 0. The Morgan fingerprint density at radius 2 is 2.08 bits per heavy atom. The lowest BCUT2D eigenvalue weighted by molar-refractivity contribution is -0.131. The summed E-state index contributed by atoms with van der Waals surface area (Å²) in [6.07, 6.45) is 0.852. The molecule has 0 saturated carbocycles. The predicted octanol–water partition coefficient (Wildman–Crippen LogP) is 2.16. The number of carbonyl (C=O) groups is 1. The van der Waals surface area contributed by atoms with Crippen molar-refractivity contribution < 1.29 is 13.8 Å². The molecule has 3 aromatic rings. The first kappa shape index (κ1) is 14.6. The largest absolute Gasteiger partial charge is 0.441 e. The van der Waals surface area contributed by atoms with Crippen LogP contribution in [-0.2, 0) is 24.2 Å². The molecule has 2 aromatic heterocycles. The minimum absolute atomic E-state index is 0.0105. The van der Waals surface area contributed by atoms with E-state index in [-0.39, 0.29) is 12.3 Å². The lowest BCUT2D eigenvalue weighted by Gasteiger charge is -2.25. The third kappa shape index (κ3) is 2.68. The molecule has 1 amide bonds. The Labute approximate surface area is 138 Å². The van der Waals surface area contributed by atoms with Crippen LogP contribution in [0.4, 0.5) is 0 Å². The highest BCUT2D eigenvalue weighted by Crippen LogP contribution is 2.26. The molecular formula is C17H16N4O3. The van der Waals surface area contributed by atoms with Gasteiger partial charge in [-0.25, -0.2) is 9.61 Å². The van der Waals surface area contributed by atoms with Crippen LogP contribution in [-0.4, -0.2) is 32.6 Å². The van der Waals surface area contributed by atoms with Crippen LogP contribution in [0.3, 0.4) is 0 Å². The monoisotopic (exact) mass is 324 g/mol. The number of rotatable bonds is 3. The van der Waals surface area contributed by atoms with Gasteiger partial charge in [0.2, 0.25) is 11.8 Å². The number of nitrogens with zero attached hydrogens (tertiary/aromatic N) is 4. The molecule has 0 atom stereocenters. The molecule has 4 rings (SSSR count). The van der Waals surface area contributed by atoms with E-state index in [4.69, 9.17) is 4.42 Å². The smallest absolute Gasteiger partial charge is 0.229 e. The number of hydrogen-bond donors (Lipinski definition) is 0. The Bertz CT molecular complexity index is 869. The minimum atomic E-state index is -0.0105. The summed E-state index contributed by atoms with van der Waals surface area (Å²) < 4.78 is 10.5. The van der Waals surface area contributed by atoms with Gasteiger partial charge in [0.15, 0.2) is 0 Å². The van der Waals surface area contributed by atoms with Crippen molar-refractivity contribution in [2.45, 2.75) is 26.3 Å². The normalized spacial score (nSPS) is 13.8. The van der Waals surface area contributed by atoms with Crippen molar-refractivity contribution in [3.63, 3.8) is 0 Å². The SMILES string of the molecule is Cc1nonc1CC(=O)N1CCc2oc(-c3ccccc3)nc2C1. The first-order valence-corrected chi connectivity index (χ1v) is 7.80. The average molecular weight is 324 g/mol. The van der Waals surface area contributed by atoms with Crippen molar-refractivity contribution in [3.05, 3.63) is 53.2 Å². The van der Waals surface area contributed by atoms with E-state index in [1.54, 1.807) is 11.8 Å². The fourth-order valence-electron chi connectivity index (χ4n) is 2.78. The summed E-state index contributed by atoms with van der Waals surface area (Å²) in [4.78, 5) is 18.8. The number of hydrogen-bond acceptors (Lipinski definition) is 6. The zero-order chi connectivity index (χ0) is 16.5. The van der Waals surface area contributed by atoms with Crippen molar-refractivity contribution in [2.75, 3.05) is 6.54 Å². The van der Waals surface area contributed by atoms with Crippen molar-refractivity contribution in [1.29, 1.82) is 0 Å². The molecule has 0 aliphatic carbocycles. The minimum Gasteiger partial charge on any atom is -0.441 e. The second-order valence-corrected chi connectivity index (χ2v) is 5.79. The molecular weight excluding hydrogens is 308 g/mol. The molecule has 1 aliphatic heterocycles. The van der Waals surface area contributed by atoms with Crippen LogP contribution >= 0.6 is 0 Å². The number of oxazole rings is 1. The van der Waals surface area contributed by atoms with Crippen LogP contribution in [0.5, 0.6) is 0 Å². The number of aryl methyl sites for hydroxylation is 1. The Morgan fingerprint density at radius 1 is 1.25 bits per heavy atom. The zero-order valence-electron chi connectivity index (χ0n) is 13.2. The molecule has 0 N–H and O–H groups in total. The lowest BCUT2D eigenvalue weighted by Crippen LogP contribution is -2.36. The molecule has 1 aliphatic rings. The van der Waals surface area contributed by atoms with Gasteiger partial charge >= 0.3 is 0 Å². The van der Waals surface area contributed by atoms with Gasteiger partial charge < -0.3 is 9.32 Å². The molecule has 0 spiro atoms. The molecule has 7 nitrogen and oxygen atoms in total. The maximum atomic E-state index is 12.5. The molecule has 24 heavy (non-hydrogen) atoms. The predicted molar refractivity (Wildman–Crippen MR) is 83.8 cm³/mol. The third-order valence-corrected chi connectivity index (χ3v) is 4.17. The maximum Gasteiger partial charge on any atom is 0.229 e. The number of fused-ring (bicyclic) bond motifs is 1. The topological polar surface area (TPSA) is 85.3 Å². The maximum absolute atomic E-state index is 12.5. The molecule has 0 saturated heterocycles. The second kappa shape index (κ2) is 5.92. The van der Waals surface area contributed by atoms with Gasteiger partial charge in [-0.3, -0.25) is 4.79 Å². The highest BCUT2D eigenvalue weighted by Gasteiger charge is 2.26. The summed E-state index contributed by atoms with van der Waals surface area (Å²) in [5, 5.41) is 7.47. The van der Waals surface area contributed by atoms with Gasteiger partial charge in [0.05, 0.1) is 13.0 Å². The number of benzene rings is 1. The molecule has 0 fully saturated rings. The van der Waals surface area contributed by atoms with Crippen molar-refractivity contribution >= 4 is 5.91 Å².